The number of carbonyl (C=O) groups excluding carboxylic acids is 1. The summed E-state index contributed by atoms with van der Waals surface area (Å²) in [6, 6.07) is 18.3. The first-order valence-electron chi connectivity index (χ1n) is 10.5. The molecule has 1 aliphatic rings. The topological polar surface area (TPSA) is 51.0 Å². The number of imidazole rings is 1. The molecule has 1 aliphatic heterocycles. The van der Waals surface area contributed by atoms with Crippen LogP contribution >= 0.6 is 11.3 Å². The van der Waals surface area contributed by atoms with E-state index in [2.05, 4.69) is 27.8 Å². The highest BCUT2D eigenvalue weighted by Gasteiger charge is 2.26. The molecule has 0 aliphatic carbocycles. The molecule has 0 spiro atoms. The molecule has 2 aromatic heterocycles. The molecule has 0 unspecified atom stereocenters. The number of fused-ring (bicyclic) bond motifs is 2. The Morgan fingerprint density at radius 2 is 1.83 bits per heavy atom. The smallest absolute Gasteiger partial charge is 0.274 e. The van der Waals surface area contributed by atoms with Crippen molar-refractivity contribution in [3.8, 4) is 11.4 Å². The van der Waals surface area contributed by atoms with E-state index in [0.29, 0.717) is 12.2 Å². The number of hydrogen-bond donors (Lipinski definition) is 0. The predicted octanol–water partition coefficient (Wildman–Crippen LogP) is 5.16. The Morgan fingerprint density at radius 1 is 1.03 bits per heavy atom. The average Bonchev–Trinajstić information content (AvgIpc) is 3.26. The zero-order valence-electron chi connectivity index (χ0n) is 17.0. The molecule has 0 radical (unpaired) electrons. The maximum Gasteiger partial charge on any atom is 0.274 e. The molecule has 0 bridgehead atoms. The van der Waals surface area contributed by atoms with Crippen molar-refractivity contribution >= 4 is 27.5 Å². The fourth-order valence-electron chi connectivity index (χ4n) is 4.14. The number of nitrogens with zero attached hydrogens (tertiary/aromatic N) is 4. The molecule has 0 saturated carbocycles. The van der Waals surface area contributed by atoms with E-state index >= 15 is 0 Å². The van der Waals surface area contributed by atoms with Crippen molar-refractivity contribution < 1.29 is 4.79 Å². The van der Waals surface area contributed by atoms with Crippen LogP contribution in [0.15, 0.2) is 54.6 Å². The molecule has 5 nitrogen and oxygen atoms in total. The Balaban J connectivity index is 1.47. The highest BCUT2D eigenvalue weighted by molar-refractivity contribution is 7.18. The standard InChI is InChI=1S/C24H24N4OS/c1-27(16-21-25-18-12-7-8-14-20(18)30-21)24(29)22-19-13-6-3-9-15-28(19)23(26-22)17-10-4-2-5-11-17/h2,4-5,7-8,10-12,14H,3,6,9,13,15-16H2,1H3. The molecule has 152 valence electrons. The lowest BCUT2D eigenvalue weighted by Gasteiger charge is -2.15. The molecule has 30 heavy (non-hydrogen) atoms. The zero-order valence-corrected chi connectivity index (χ0v) is 17.9. The van der Waals surface area contributed by atoms with Crippen LogP contribution in [0.3, 0.4) is 0 Å². The van der Waals surface area contributed by atoms with Crippen molar-refractivity contribution in [2.75, 3.05) is 7.05 Å². The van der Waals surface area contributed by atoms with E-state index in [1.165, 1.54) is 6.42 Å². The van der Waals surface area contributed by atoms with Crippen molar-refractivity contribution in [1.29, 1.82) is 0 Å². The van der Waals surface area contributed by atoms with Gasteiger partial charge in [0.1, 0.15) is 16.5 Å². The number of amides is 1. The fourth-order valence-corrected chi connectivity index (χ4v) is 5.16. The molecular formula is C24H24N4OS. The van der Waals surface area contributed by atoms with Crippen LogP contribution in [0, 0.1) is 0 Å². The quantitative estimate of drug-likeness (QED) is 0.462. The molecule has 3 heterocycles. The highest BCUT2D eigenvalue weighted by atomic mass is 32.1. The Bertz CT molecular complexity index is 1160. The predicted molar refractivity (Wildman–Crippen MR) is 121 cm³/mol. The SMILES string of the molecule is CN(Cc1nc2ccccc2s1)C(=O)c1nc(-c2ccccc2)n2c1CCCCC2. The molecule has 4 aromatic rings. The largest absolute Gasteiger partial charge is 0.334 e. The summed E-state index contributed by atoms with van der Waals surface area (Å²) in [5.41, 5.74) is 3.72. The molecular weight excluding hydrogens is 392 g/mol. The third-order valence-corrected chi connectivity index (χ3v) is 6.68. The normalized spacial score (nSPS) is 13.8. The number of benzene rings is 2. The molecule has 0 fully saturated rings. The first-order valence-corrected chi connectivity index (χ1v) is 11.3. The van der Waals surface area contributed by atoms with E-state index in [1.807, 2.05) is 43.4 Å². The zero-order chi connectivity index (χ0) is 20.5. The van der Waals surface area contributed by atoms with Crippen LogP contribution in [0.2, 0.25) is 0 Å². The van der Waals surface area contributed by atoms with Gasteiger partial charge < -0.3 is 9.47 Å². The first kappa shape index (κ1) is 19.0. The third kappa shape index (κ3) is 3.52. The van der Waals surface area contributed by atoms with Gasteiger partial charge in [-0.2, -0.15) is 0 Å². The van der Waals surface area contributed by atoms with E-state index in [1.54, 1.807) is 16.2 Å². The van der Waals surface area contributed by atoms with Gasteiger partial charge in [-0.15, -0.1) is 11.3 Å². The lowest BCUT2D eigenvalue weighted by molar-refractivity contribution is 0.0778. The molecule has 0 atom stereocenters. The van der Waals surface area contributed by atoms with Gasteiger partial charge in [-0.05, 0) is 31.4 Å². The fraction of sp³-hybridized carbons (Fsp3) is 0.292. The minimum absolute atomic E-state index is 0.0258. The van der Waals surface area contributed by atoms with Crippen molar-refractivity contribution in [2.24, 2.45) is 0 Å². The van der Waals surface area contributed by atoms with Crippen molar-refractivity contribution in [3.63, 3.8) is 0 Å². The third-order valence-electron chi connectivity index (χ3n) is 5.66. The van der Waals surface area contributed by atoms with Gasteiger partial charge in [-0.3, -0.25) is 4.79 Å². The monoisotopic (exact) mass is 416 g/mol. The van der Waals surface area contributed by atoms with E-state index in [-0.39, 0.29) is 5.91 Å². The van der Waals surface area contributed by atoms with Crippen LogP contribution in [0.5, 0.6) is 0 Å². The average molecular weight is 417 g/mol. The van der Waals surface area contributed by atoms with Gasteiger partial charge in [-0.1, -0.05) is 48.9 Å². The summed E-state index contributed by atoms with van der Waals surface area (Å²) < 4.78 is 3.41. The lowest BCUT2D eigenvalue weighted by Crippen LogP contribution is -2.27. The molecule has 6 heteroatoms. The van der Waals surface area contributed by atoms with Gasteiger partial charge in [0.25, 0.3) is 5.91 Å². The van der Waals surface area contributed by atoms with Gasteiger partial charge in [0, 0.05) is 19.2 Å². The Morgan fingerprint density at radius 3 is 2.67 bits per heavy atom. The van der Waals surface area contributed by atoms with Crippen molar-refractivity contribution in [2.45, 2.75) is 38.8 Å². The van der Waals surface area contributed by atoms with Crippen LogP contribution in [-0.4, -0.2) is 32.4 Å². The summed E-state index contributed by atoms with van der Waals surface area (Å²) in [6.07, 6.45) is 4.31. The maximum atomic E-state index is 13.4. The lowest BCUT2D eigenvalue weighted by atomic mass is 10.1. The molecule has 1 amide bonds. The second-order valence-electron chi connectivity index (χ2n) is 7.80. The number of rotatable bonds is 4. The first-order chi connectivity index (χ1) is 14.7. The number of carbonyl (C=O) groups is 1. The van der Waals surface area contributed by atoms with Crippen LogP contribution in [0.4, 0.5) is 0 Å². The van der Waals surface area contributed by atoms with Gasteiger partial charge in [0.05, 0.1) is 22.5 Å². The second-order valence-corrected chi connectivity index (χ2v) is 8.91. The number of para-hydroxylation sites is 1. The molecule has 0 N–H and O–H groups in total. The van der Waals surface area contributed by atoms with Crippen LogP contribution in [-0.2, 0) is 19.5 Å². The van der Waals surface area contributed by atoms with Gasteiger partial charge in [0.2, 0.25) is 0 Å². The second kappa shape index (κ2) is 8.03. The van der Waals surface area contributed by atoms with Crippen molar-refractivity contribution in [3.05, 3.63) is 71.0 Å². The summed E-state index contributed by atoms with van der Waals surface area (Å²) >= 11 is 1.64. The summed E-state index contributed by atoms with van der Waals surface area (Å²) in [7, 11) is 1.85. The maximum absolute atomic E-state index is 13.4. The Kier molecular flexibility index (Phi) is 5.09. The van der Waals surface area contributed by atoms with Crippen molar-refractivity contribution in [1.82, 2.24) is 19.4 Å². The number of thiazole rings is 1. The van der Waals surface area contributed by atoms with Crippen LogP contribution in [0.1, 0.15) is 40.5 Å². The minimum atomic E-state index is -0.0258. The summed E-state index contributed by atoms with van der Waals surface area (Å²) in [5, 5.41) is 0.945. The van der Waals surface area contributed by atoms with E-state index < -0.39 is 0 Å². The van der Waals surface area contributed by atoms with Gasteiger partial charge >= 0.3 is 0 Å². The number of aromatic nitrogens is 3. The van der Waals surface area contributed by atoms with E-state index in [9.17, 15) is 4.79 Å². The molecule has 0 saturated heterocycles. The summed E-state index contributed by atoms with van der Waals surface area (Å²) in [5.74, 6) is 0.881. The molecule has 2 aromatic carbocycles. The minimum Gasteiger partial charge on any atom is -0.334 e. The van der Waals surface area contributed by atoms with Gasteiger partial charge in [-0.25, -0.2) is 9.97 Å². The highest BCUT2D eigenvalue weighted by Crippen LogP contribution is 2.28. The van der Waals surface area contributed by atoms with Crippen LogP contribution in [0.25, 0.3) is 21.6 Å². The number of hydrogen-bond acceptors (Lipinski definition) is 4. The van der Waals surface area contributed by atoms with Gasteiger partial charge in [0.15, 0.2) is 0 Å². The van der Waals surface area contributed by atoms with E-state index in [4.69, 9.17) is 4.98 Å². The van der Waals surface area contributed by atoms with E-state index in [0.717, 1.165) is 58.1 Å². The summed E-state index contributed by atoms with van der Waals surface area (Å²) in [4.78, 5) is 24.7. The Hall–Kier alpha value is -2.99. The Labute approximate surface area is 180 Å². The van der Waals surface area contributed by atoms with Crippen LogP contribution < -0.4 is 0 Å². The summed E-state index contributed by atoms with van der Waals surface area (Å²) in [6.45, 7) is 1.41. The molecule has 5 rings (SSSR count).